The highest BCUT2D eigenvalue weighted by Crippen LogP contribution is 2.23. The maximum atomic E-state index is 6.02. The Kier molecular flexibility index (Phi) is 5.35. The lowest BCUT2D eigenvalue weighted by Gasteiger charge is -2.32. The van der Waals surface area contributed by atoms with Gasteiger partial charge in [0, 0.05) is 23.5 Å². The van der Waals surface area contributed by atoms with E-state index in [4.69, 9.17) is 5.73 Å². The van der Waals surface area contributed by atoms with Crippen LogP contribution in [0.3, 0.4) is 0 Å². The highest BCUT2D eigenvalue weighted by molar-refractivity contribution is 7.09. The molecule has 0 aliphatic carbocycles. The number of hydrogen-bond donors (Lipinski definition) is 1. The quantitative estimate of drug-likeness (QED) is 0.879. The van der Waals surface area contributed by atoms with Gasteiger partial charge in [-0.25, -0.2) is 0 Å². The maximum Gasteiger partial charge on any atom is 0.0470 e. The number of benzene rings is 1. The number of hydrogen-bond acceptors (Lipinski definition) is 3. The third-order valence-corrected chi connectivity index (χ3v) is 4.85. The van der Waals surface area contributed by atoms with Crippen molar-refractivity contribution in [1.29, 1.82) is 0 Å². The fourth-order valence-electron chi connectivity index (χ4n) is 2.50. The number of rotatable bonds is 6. The monoisotopic (exact) mass is 288 g/mol. The van der Waals surface area contributed by atoms with Gasteiger partial charge in [0.15, 0.2) is 0 Å². The zero-order valence-corrected chi connectivity index (χ0v) is 13.4. The fraction of sp³-hybridized carbons (Fsp3) is 0.412. The van der Waals surface area contributed by atoms with Crippen LogP contribution in [0.1, 0.15) is 29.0 Å². The molecule has 0 bridgehead atoms. The molecule has 0 saturated heterocycles. The van der Waals surface area contributed by atoms with Crippen LogP contribution in [-0.2, 0) is 6.42 Å². The summed E-state index contributed by atoms with van der Waals surface area (Å²) >= 11 is 1.83. The second-order valence-electron chi connectivity index (χ2n) is 5.46. The van der Waals surface area contributed by atoms with E-state index in [1.807, 2.05) is 11.3 Å². The summed E-state index contributed by atoms with van der Waals surface area (Å²) in [4.78, 5) is 3.83. The van der Waals surface area contributed by atoms with Crippen molar-refractivity contribution < 1.29 is 0 Å². The zero-order chi connectivity index (χ0) is 14.5. The summed E-state index contributed by atoms with van der Waals surface area (Å²) < 4.78 is 0. The van der Waals surface area contributed by atoms with Crippen molar-refractivity contribution in [1.82, 2.24) is 4.90 Å². The molecule has 0 aliphatic heterocycles. The predicted molar refractivity (Wildman–Crippen MR) is 88.2 cm³/mol. The molecule has 1 aromatic heterocycles. The molecular formula is C17H24N2S. The van der Waals surface area contributed by atoms with Crippen molar-refractivity contribution in [3.63, 3.8) is 0 Å². The fourth-order valence-corrected chi connectivity index (χ4v) is 3.32. The van der Waals surface area contributed by atoms with E-state index in [-0.39, 0.29) is 6.04 Å². The van der Waals surface area contributed by atoms with Crippen molar-refractivity contribution in [2.24, 2.45) is 5.73 Å². The first-order chi connectivity index (χ1) is 9.61. The van der Waals surface area contributed by atoms with Crippen molar-refractivity contribution in [2.45, 2.75) is 32.4 Å². The van der Waals surface area contributed by atoms with Gasteiger partial charge in [0.05, 0.1) is 0 Å². The molecule has 20 heavy (non-hydrogen) atoms. The Morgan fingerprint density at radius 3 is 2.45 bits per heavy atom. The van der Waals surface area contributed by atoms with Crippen LogP contribution in [0.25, 0.3) is 0 Å². The zero-order valence-electron chi connectivity index (χ0n) is 12.5. The topological polar surface area (TPSA) is 29.3 Å². The number of nitrogens with two attached hydrogens (primary N) is 1. The van der Waals surface area contributed by atoms with Crippen LogP contribution in [0.2, 0.25) is 0 Å². The first-order valence-electron chi connectivity index (χ1n) is 7.12. The molecule has 0 amide bonds. The van der Waals surface area contributed by atoms with Gasteiger partial charge in [0.25, 0.3) is 0 Å². The smallest absolute Gasteiger partial charge is 0.0470 e. The molecule has 0 spiro atoms. The number of nitrogens with zero attached hydrogens (tertiary/aromatic N) is 1. The minimum atomic E-state index is 0.283. The van der Waals surface area contributed by atoms with E-state index in [0.29, 0.717) is 12.6 Å². The van der Waals surface area contributed by atoms with Gasteiger partial charge in [0.2, 0.25) is 0 Å². The average molecular weight is 288 g/mol. The van der Waals surface area contributed by atoms with Gasteiger partial charge in [-0.15, -0.1) is 11.3 Å². The van der Waals surface area contributed by atoms with E-state index < -0.39 is 0 Å². The predicted octanol–water partition coefficient (Wildman–Crippen LogP) is 3.62. The minimum Gasteiger partial charge on any atom is -0.329 e. The van der Waals surface area contributed by atoms with Crippen LogP contribution >= 0.6 is 11.3 Å². The summed E-state index contributed by atoms with van der Waals surface area (Å²) in [6.07, 6.45) is 1.08. The van der Waals surface area contributed by atoms with E-state index in [9.17, 15) is 0 Å². The van der Waals surface area contributed by atoms with Crippen molar-refractivity contribution >= 4 is 11.3 Å². The molecular weight excluding hydrogens is 264 g/mol. The Labute approximate surface area is 126 Å². The van der Waals surface area contributed by atoms with Gasteiger partial charge >= 0.3 is 0 Å². The third-order valence-electron chi connectivity index (χ3n) is 3.95. The Hall–Kier alpha value is -1.16. The molecule has 3 heteroatoms. The first-order valence-corrected chi connectivity index (χ1v) is 8.00. The Morgan fingerprint density at radius 1 is 1.20 bits per heavy atom. The molecule has 2 N–H and O–H groups in total. The molecule has 0 aliphatic rings. The van der Waals surface area contributed by atoms with E-state index >= 15 is 0 Å². The van der Waals surface area contributed by atoms with Crippen LogP contribution in [0.4, 0.5) is 0 Å². The summed E-state index contributed by atoms with van der Waals surface area (Å²) in [6, 6.07) is 13.8. The summed E-state index contributed by atoms with van der Waals surface area (Å²) in [5, 5.41) is 2.14. The summed E-state index contributed by atoms with van der Waals surface area (Å²) in [7, 11) is 2.18. The highest BCUT2D eigenvalue weighted by atomic mass is 32.1. The minimum absolute atomic E-state index is 0.283. The molecule has 0 saturated carbocycles. The third kappa shape index (κ3) is 3.69. The molecule has 2 aromatic rings. The van der Waals surface area contributed by atoms with Crippen LogP contribution in [0.5, 0.6) is 0 Å². The maximum absolute atomic E-state index is 6.02. The van der Waals surface area contributed by atoms with Crippen LogP contribution < -0.4 is 5.73 Å². The Morgan fingerprint density at radius 2 is 1.90 bits per heavy atom. The standard InChI is InChI=1S/C17H24N2S/c1-13-6-8-15(9-7-13)17(12-18)19(3)14(2)11-16-5-4-10-20-16/h4-10,14,17H,11-12,18H2,1-3H3. The molecule has 1 heterocycles. The molecule has 1 aromatic carbocycles. The van der Waals surface area contributed by atoms with E-state index in [0.717, 1.165) is 6.42 Å². The lowest BCUT2D eigenvalue weighted by atomic mass is 10.0. The first kappa shape index (κ1) is 15.2. The lowest BCUT2D eigenvalue weighted by Crippen LogP contribution is -2.38. The van der Waals surface area contributed by atoms with Gasteiger partial charge in [0.1, 0.15) is 0 Å². The average Bonchev–Trinajstić information content (AvgIpc) is 2.94. The Bertz CT molecular complexity index is 504. The summed E-state index contributed by atoms with van der Waals surface area (Å²) in [5.41, 5.74) is 8.61. The summed E-state index contributed by atoms with van der Waals surface area (Å²) in [6.45, 7) is 5.04. The lowest BCUT2D eigenvalue weighted by molar-refractivity contribution is 0.188. The van der Waals surface area contributed by atoms with Gasteiger partial charge in [-0.3, -0.25) is 4.90 Å². The number of likely N-dealkylation sites (N-methyl/N-ethyl adjacent to an activating group) is 1. The van der Waals surface area contributed by atoms with Gasteiger partial charge < -0.3 is 5.73 Å². The van der Waals surface area contributed by atoms with Crippen molar-refractivity contribution in [3.05, 3.63) is 57.8 Å². The van der Waals surface area contributed by atoms with Crippen LogP contribution in [0.15, 0.2) is 41.8 Å². The van der Waals surface area contributed by atoms with E-state index in [1.54, 1.807) is 0 Å². The Balaban J connectivity index is 2.08. The van der Waals surface area contributed by atoms with Gasteiger partial charge in [-0.1, -0.05) is 35.9 Å². The molecule has 0 fully saturated rings. The molecule has 0 radical (unpaired) electrons. The van der Waals surface area contributed by atoms with Crippen LogP contribution in [-0.4, -0.2) is 24.5 Å². The second kappa shape index (κ2) is 7.02. The molecule has 2 unspecified atom stereocenters. The van der Waals surface area contributed by atoms with Crippen molar-refractivity contribution in [3.8, 4) is 0 Å². The molecule has 2 nitrogen and oxygen atoms in total. The second-order valence-corrected chi connectivity index (χ2v) is 6.49. The SMILES string of the molecule is Cc1ccc(C(CN)N(C)C(C)Cc2cccs2)cc1. The number of aryl methyl sites for hydroxylation is 1. The highest BCUT2D eigenvalue weighted by Gasteiger charge is 2.20. The normalized spacial score (nSPS) is 14.4. The number of thiophene rings is 1. The van der Waals surface area contributed by atoms with Gasteiger partial charge in [-0.2, -0.15) is 0 Å². The molecule has 2 atom stereocenters. The molecule has 108 valence electrons. The van der Waals surface area contributed by atoms with Crippen molar-refractivity contribution in [2.75, 3.05) is 13.6 Å². The van der Waals surface area contributed by atoms with E-state index in [2.05, 4.69) is 67.6 Å². The van der Waals surface area contributed by atoms with Gasteiger partial charge in [-0.05, 0) is 44.3 Å². The molecule has 2 rings (SSSR count). The van der Waals surface area contributed by atoms with E-state index in [1.165, 1.54) is 16.0 Å². The summed E-state index contributed by atoms with van der Waals surface area (Å²) in [5.74, 6) is 0. The largest absolute Gasteiger partial charge is 0.329 e. The van der Waals surface area contributed by atoms with Crippen LogP contribution in [0, 0.1) is 6.92 Å².